The lowest BCUT2D eigenvalue weighted by molar-refractivity contribution is -0.138. The molecule has 0 amide bonds. The standard InChI is InChI=1S/C15H16O2S/c1-9-6-10(2)8-12(7-9)14-5-4-13(18-14)11(3)15(16)17/h4-8,11H,1-3H3,(H,16,17). The maximum absolute atomic E-state index is 11.0. The van der Waals surface area contributed by atoms with Gasteiger partial charge in [-0.2, -0.15) is 0 Å². The fourth-order valence-corrected chi connectivity index (χ4v) is 3.02. The molecule has 0 saturated heterocycles. The van der Waals surface area contributed by atoms with Gasteiger partial charge in [0.1, 0.15) is 0 Å². The molecule has 0 aliphatic heterocycles. The molecule has 2 nitrogen and oxygen atoms in total. The van der Waals surface area contributed by atoms with Crippen LogP contribution in [-0.2, 0) is 4.79 Å². The zero-order valence-electron chi connectivity index (χ0n) is 10.7. The van der Waals surface area contributed by atoms with E-state index < -0.39 is 11.9 Å². The van der Waals surface area contributed by atoms with E-state index in [0.717, 1.165) is 9.75 Å². The van der Waals surface area contributed by atoms with Crippen LogP contribution in [0.5, 0.6) is 0 Å². The summed E-state index contributed by atoms with van der Waals surface area (Å²) in [4.78, 5) is 13.0. The smallest absolute Gasteiger partial charge is 0.311 e. The van der Waals surface area contributed by atoms with E-state index in [4.69, 9.17) is 5.11 Å². The predicted molar refractivity (Wildman–Crippen MR) is 75.3 cm³/mol. The van der Waals surface area contributed by atoms with Gasteiger partial charge in [-0.15, -0.1) is 11.3 Å². The molecule has 3 heteroatoms. The molecule has 0 aliphatic rings. The van der Waals surface area contributed by atoms with Crippen LogP contribution in [0.4, 0.5) is 0 Å². The van der Waals surface area contributed by atoms with E-state index in [1.165, 1.54) is 16.7 Å². The zero-order valence-corrected chi connectivity index (χ0v) is 11.5. The van der Waals surface area contributed by atoms with E-state index in [-0.39, 0.29) is 0 Å². The molecule has 0 saturated carbocycles. The first-order chi connectivity index (χ1) is 8.47. The summed E-state index contributed by atoms with van der Waals surface area (Å²) in [6, 6.07) is 10.3. The summed E-state index contributed by atoms with van der Waals surface area (Å²) in [7, 11) is 0. The molecule has 1 unspecified atom stereocenters. The Balaban J connectivity index is 2.37. The minimum atomic E-state index is -0.774. The quantitative estimate of drug-likeness (QED) is 0.897. The molecule has 1 aromatic heterocycles. The third-order valence-corrected chi connectivity index (χ3v) is 4.25. The average molecular weight is 260 g/mol. The molecular weight excluding hydrogens is 244 g/mol. The van der Waals surface area contributed by atoms with Crippen molar-refractivity contribution < 1.29 is 9.90 Å². The Morgan fingerprint density at radius 3 is 2.33 bits per heavy atom. The van der Waals surface area contributed by atoms with Crippen molar-refractivity contribution >= 4 is 17.3 Å². The van der Waals surface area contributed by atoms with Crippen molar-refractivity contribution in [3.8, 4) is 10.4 Å². The molecule has 18 heavy (non-hydrogen) atoms. The molecule has 0 radical (unpaired) electrons. The van der Waals surface area contributed by atoms with E-state index in [9.17, 15) is 4.79 Å². The van der Waals surface area contributed by atoms with Crippen LogP contribution in [0.3, 0.4) is 0 Å². The Bertz CT molecular complexity index is 564. The second-order valence-corrected chi connectivity index (χ2v) is 5.75. The Labute approximate surface area is 111 Å². The van der Waals surface area contributed by atoms with Crippen LogP contribution in [0.2, 0.25) is 0 Å². The third kappa shape index (κ3) is 2.62. The third-order valence-electron chi connectivity index (χ3n) is 2.93. The largest absolute Gasteiger partial charge is 0.481 e. The van der Waals surface area contributed by atoms with Crippen LogP contribution in [0.1, 0.15) is 28.8 Å². The molecule has 0 fully saturated rings. The van der Waals surface area contributed by atoms with E-state index in [0.29, 0.717) is 0 Å². The van der Waals surface area contributed by atoms with Crippen LogP contribution in [0.25, 0.3) is 10.4 Å². The van der Waals surface area contributed by atoms with Crippen molar-refractivity contribution in [3.63, 3.8) is 0 Å². The van der Waals surface area contributed by atoms with Crippen LogP contribution in [0.15, 0.2) is 30.3 Å². The lowest BCUT2D eigenvalue weighted by atomic mass is 10.1. The molecule has 0 spiro atoms. The van der Waals surface area contributed by atoms with Gasteiger partial charge in [0, 0.05) is 9.75 Å². The number of benzene rings is 1. The summed E-state index contributed by atoms with van der Waals surface area (Å²) >= 11 is 1.56. The fraction of sp³-hybridized carbons (Fsp3) is 0.267. The van der Waals surface area contributed by atoms with Crippen LogP contribution in [0, 0.1) is 13.8 Å². The van der Waals surface area contributed by atoms with E-state index in [1.807, 2.05) is 12.1 Å². The number of thiophene rings is 1. The number of carbonyl (C=O) groups is 1. The second kappa shape index (κ2) is 4.94. The minimum Gasteiger partial charge on any atom is -0.481 e. The molecule has 2 aromatic rings. The molecule has 1 heterocycles. The number of rotatable bonds is 3. The maximum Gasteiger partial charge on any atom is 0.311 e. The zero-order chi connectivity index (χ0) is 13.3. The molecule has 1 aromatic carbocycles. The molecule has 94 valence electrons. The van der Waals surface area contributed by atoms with Gasteiger partial charge >= 0.3 is 5.97 Å². The van der Waals surface area contributed by atoms with Crippen LogP contribution < -0.4 is 0 Å². The summed E-state index contributed by atoms with van der Waals surface area (Å²) in [5, 5.41) is 9.01. The van der Waals surface area contributed by atoms with E-state index in [2.05, 4.69) is 32.0 Å². The highest BCUT2D eigenvalue weighted by Gasteiger charge is 2.16. The normalized spacial score (nSPS) is 12.4. The summed E-state index contributed by atoms with van der Waals surface area (Å²) in [6.07, 6.45) is 0. The lowest BCUT2D eigenvalue weighted by Crippen LogP contribution is -2.04. The van der Waals surface area contributed by atoms with Crippen molar-refractivity contribution in [2.24, 2.45) is 0 Å². The molecule has 1 atom stereocenters. The first-order valence-corrected chi connectivity index (χ1v) is 6.70. The molecule has 1 N–H and O–H groups in total. The Morgan fingerprint density at radius 2 is 1.78 bits per heavy atom. The van der Waals surface area contributed by atoms with Crippen molar-refractivity contribution in [1.29, 1.82) is 0 Å². The SMILES string of the molecule is Cc1cc(C)cc(-c2ccc(C(C)C(=O)O)s2)c1. The second-order valence-electron chi connectivity index (χ2n) is 4.64. The van der Waals surface area contributed by atoms with Gasteiger partial charge in [-0.25, -0.2) is 0 Å². The monoisotopic (exact) mass is 260 g/mol. The average Bonchev–Trinajstić information content (AvgIpc) is 2.75. The van der Waals surface area contributed by atoms with Gasteiger partial charge in [0.15, 0.2) is 0 Å². The summed E-state index contributed by atoms with van der Waals surface area (Å²) in [5.41, 5.74) is 3.62. The highest BCUT2D eigenvalue weighted by molar-refractivity contribution is 7.15. The van der Waals surface area contributed by atoms with Crippen LogP contribution in [-0.4, -0.2) is 11.1 Å². The van der Waals surface area contributed by atoms with Gasteiger partial charge < -0.3 is 5.11 Å². The number of hydrogen-bond acceptors (Lipinski definition) is 2. The predicted octanol–water partition coefficient (Wildman–Crippen LogP) is 4.22. The van der Waals surface area contributed by atoms with Gasteiger partial charge in [-0.05, 0) is 38.5 Å². The van der Waals surface area contributed by atoms with Gasteiger partial charge in [0.25, 0.3) is 0 Å². The maximum atomic E-state index is 11.0. The van der Waals surface area contributed by atoms with E-state index >= 15 is 0 Å². The number of aliphatic carboxylic acids is 1. The number of hydrogen-bond donors (Lipinski definition) is 1. The Hall–Kier alpha value is -1.61. The summed E-state index contributed by atoms with van der Waals surface area (Å²) in [5.74, 6) is -1.21. The molecule has 0 bridgehead atoms. The van der Waals surface area contributed by atoms with Gasteiger partial charge in [-0.1, -0.05) is 29.3 Å². The van der Waals surface area contributed by atoms with Crippen molar-refractivity contribution in [3.05, 3.63) is 46.3 Å². The highest BCUT2D eigenvalue weighted by atomic mass is 32.1. The number of carboxylic acid groups (broad SMARTS) is 1. The van der Waals surface area contributed by atoms with Gasteiger partial charge in [-0.3, -0.25) is 4.79 Å². The topological polar surface area (TPSA) is 37.3 Å². The molecular formula is C15H16O2S. The fourth-order valence-electron chi connectivity index (χ4n) is 1.98. The van der Waals surface area contributed by atoms with Gasteiger partial charge in [0.05, 0.1) is 5.92 Å². The summed E-state index contributed by atoms with van der Waals surface area (Å²) in [6.45, 7) is 5.87. The summed E-state index contributed by atoms with van der Waals surface area (Å²) < 4.78 is 0. The minimum absolute atomic E-state index is 0.436. The van der Waals surface area contributed by atoms with Crippen molar-refractivity contribution in [1.82, 2.24) is 0 Å². The highest BCUT2D eigenvalue weighted by Crippen LogP contribution is 2.33. The van der Waals surface area contributed by atoms with Crippen molar-refractivity contribution in [2.75, 3.05) is 0 Å². The number of aryl methyl sites for hydroxylation is 2. The number of carboxylic acids is 1. The van der Waals surface area contributed by atoms with E-state index in [1.54, 1.807) is 18.3 Å². The Morgan fingerprint density at radius 1 is 1.17 bits per heavy atom. The molecule has 2 rings (SSSR count). The first-order valence-electron chi connectivity index (χ1n) is 5.88. The lowest BCUT2D eigenvalue weighted by Gasteiger charge is -2.03. The first kappa shape index (κ1) is 12.8. The van der Waals surface area contributed by atoms with Gasteiger partial charge in [0.2, 0.25) is 0 Å². The van der Waals surface area contributed by atoms with Crippen LogP contribution >= 0.6 is 11.3 Å². The van der Waals surface area contributed by atoms with Crippen molar-refractivity contribution in [2.45, 2.75) is 26.7 Å². The Kier molecular flexibility index (Phi) is 3.53. The molecule has 0 aliphatic carbocycles.